The van der Waals surface area contributed by atoms with Crippen LogP contribution in [-0.4, -0.2) is 0 Å². The number of benzene rings is 2. The highest BCUT2D eigenvalue weighted by molar-refractivity contribution is 5.90. The Bertz CT molecular complexity index is 2490. The van der Waals surface area contributed by atoms with Crippen molar-refractivity contribution in [1.82, 2.24) is 0 Å². The Morgan fingerprint density at radius 2 is 0.905 bits per heavy atom. The third-order valence-electron chi connectivity index (χ3n) is 17.5. The summed E-state index contributed by atoms with van der Waals surface area (Å²) < 4.78 is 175. The Morgan fingerprint density at radius 1 is 0.508 bits per heavy atom. The van der Waals surface area contributed by atoms with Crippen molar-refractivity contribution >= 4 is 5.57 Å². The maximum absolute atomic E-state index is 14.6. The second-order valence-corrected chi connectivity index (χ2v) is 19.4. The van der Waals surface area contributed by atoms with Crippen molar-refractivity contribution in [3.63, 3.8) is 0 Å². The first kappa shape index (κ1) is 44.9. The molecule has 334 valence electrons. The molecule has 63 heavy (non-hydrogen) atoms. The summed E-state index contributed by atoms with van der Waals surface area (Å²) in [5.41, 5.74) is -12.0. The van der Waals surface area contributed by atoms with E-state index in [1.54, 1.807) is 24.3 Å². The molecular formula is C51H46F12. The van der Waals surface area contributed by atoms with Crippen LogP contribution in [0.25, 0.3) is 5.57 Å². The monoisotopic (exact) mass is 886 g/mol. The first-order valence-corrected chi connectivity index (χ1v) is 20.6. The first-order chi connectivity index (χ1) is 28.8. The van der Waals surface area contributed by atoms with E-state index >= 15 is 0 Å². The van der Waals surface area contributed by atoms with Gasteiger partial charge in [-0.25, -0.2) is 0 Å². The quantitative estimate of drug-likeness (QED) is 0.269. The van der Waals surface area contributed by atoms with Crippen LogP contribution in [0.4, 0.5) is 52.7 Å². The van der Waals surface area contributed by atoms with Crippen molar-refractivity contribution in [2.24, 2.45) is 37.9 Å². The molecule has 2 fully saturated rings. The van der Waals surface area contributed by atoms with E-state index < -0.39 is 102 Å². The van der Waals surface area contributed by atoms with Crippen LogP contribution in [0.2, 0.25) is 0 Å². The molecule has 0 spiro atoms. The van der Waals surface area contributed by atoms with Gasteiger partial charge in [0.05, 0.1) is 22.3 Å². The molecule has 0 bridgehead atoms. The van der Waals surface area contributed by atoms with E-state index in [-0.39, 0.29) is 24.1 Å². The second-order valence-electron chi connectivity index (χ2n) is 19.4. The molecule has 7 atom stereocenters. The molecule has 0 nitrogen and oxygen atoms in total. The average Bonchev–Trinajstić information content (AvgIpc) is 3.77. The van der Waals surface area contributed by atoms with Gasteiger partial charge in [0.25, 0.3) is 0 Å². The largest absolute Gasteiger partial charge is 0.416 e. The molecule has 0 radical (unpaired) electrons. The third kappa shape index (κ3) is 5.63. The molecule has 0 aliphatic heterocycles. The molecule has 0 N–H and O–H groups in total. The minimum absolute atomic E-state index is 0.0698. The number of allylic oxidation sites excluding steroid dienone is 17. The highest BCUT2D eigenvalue weighted by Gasteiger charge is 2.84. The van der Waals surface area contributed by atoms with E-state index in [9.17, 15) is 52.7 Å². The van der Waals surface area contributed by atoms with Crippen LogP contribution in [0, 0.1) is 37.9 Å². The van der Waals surface area contributed by atoms with Gasteiger partial charge in [0, 0.05) is 27.1 Å². The zero-order chi connectivity index (χ0) is 46.6. The molecule has 7 unspecified atom stereocenters. The predicted octanol–water partition coefficient (Wildman–Crippen LogP) is 16.4. The fourth-order valence-corrected chi connectivity index (χ4v) is 13.4. The molecule has 2 aromatic carbocycles. The summed E-state index contributed by atoms with van der Waals surface area (Å²) in [4.78, 5) is 0. The molecule has 6 aliphatic carbocycles. The third-order valence-corrected chi connectivity index (χ3v) is 17.5. The van der Waals surface area contributed by atoms with Gasteiger partial charge in [-0.05, 0) is 100 Å². The number of fused-ring (bicyclic) bond motifs is 8. The normalized spacial score (nSPS) is 34.8. The molecule has 12 heteroatoms. The lowest BCUT2D eigenvalue weighted by Crippen LogP contribution is -2.74. The minimum Gasteiger partial charge on any atom is -0.166 e. The number of halogens is 12. The number of alkyl halides is 12. The van der Waals surface area contributed by atoms with Crippen LogP contribution in [0.15, 0.2) is 137 Å². The summed E-state index contributed by atoms with van der Waals surface area (Å²) in [6.45, 7) is 17.2. The molecule has 2 saturated carbocycles. The number of hydrogen-bond acceptors (Lipinski definition) is 0. The zero-order valence-electron chi connectivity index (χ0n) is 35.8. The van der Waals surface area contributed by atoms with E-state index in [0.29, 0.717) is 53.0 Å². The summed E-state index contributed by atoms with van der Waals surface area (Å²) in [5.74, 6) is 0. The Balaban J connectivity index is 1.58. The van der Waals surface area contributed by atoms with Crippen molar-refractivity contribution in [2.45, 2.75) is 92.9 Å². The van der Waals surface area contributed by atoms with Gasteiger partial charge in [-0.15, -0.1) is 0 Å². The average molecular weight is 887 g/mol. The SMILES string of the molecule is CC1=C(C2=CC=CC2)C(=C(c2cc(C(F)(F)F)cc(C(F)(F)F)c2)c2cc(C(F)(F)F)cc(C(F)(F)F)c2)C=C2CC3(C)C4(C)C=CC=CC4(C)C4(C)C=CC=CC4(C)C3(C)C21C. The summed E-state index contributed by atoms with van der Waals surface area (Å²) >= 11 is 0. The minimum atomic E-state index is -5.38. The van der Waals surface area contributed by atoms with E-state index in [1.165, 1.54) is 0 Å². The predicted molar refractivity (Wildman–Crippen MR) is 219 cm³/mol. The molecule has 0 heterocycles. The van der Waals surface area contributed by atoms with Gasteiger partial charge in [-0.3, -0.25) is 0 Å². The van der Waals surface area contributed by atoms with Crippen LogP contribution in [0.3, 0.4) is 0 Å². The van der Waals surface area contributed by atoms with E-state index in [0.717, 1.165) is 0 Å². The molecule has 2 aromatic rings. The van der Waals surface area contributed by atoms with Gasteiger partial charge in [0.1, 0.15) is 0 Å². The maximum Gasteiger partial charge on any atom is 0.416 e. The van der Waals surface area contributed by atoms with Crippen LogP contribution in [-0.2, 0) is 24.7 Å². The van der Waals surface area contributed by atoms with Gasteiger partial charge in [0.2, 0.25) is 0 Å². The zero-order valence-corrected chi connectivity index (χ0v) is 35.8. The second kappa shape index (κ2) is 13.2. The summed E-state index contributed by atoms with van der Waals surface area (Å²) in [6.07, 6.45) is 2.85. The number of rotatable bonds is 3. The van der Waals surface area contributed by atoms with Crippen molar-refractivity contribution in [3.05, 3.63) is 171 Å². The molecule has 6 aliphatic rings. The Kier molecular flexibility index (Phi) is 9.38. The lowest BCUT2D eigenvalue weighted by molar-refractivity contribution is -0.261. The van der Waals surface area contributed by atoms with Crippen LogP contribution in [0.1, 0.15) is 102 Å². The standard InChI is InChI=1S/C51H46F12/c1-29-39(30-15-9-10-16-30)38(27-37-28-45(6)43(4)19-12-11-17-41(43,2)42(3)18-13-14-20-44(42,5)47(45,8)46(29,37)7)40(31-21-33(48(52,53)54)25-34(22-31)49(55,56)57)32-23-35(50(58,59)60)26-36(24-32)51(61,62)63/h9-15,17-27H,16,28H2,1-8H3. The van der Waals surface area contributed by atoms with Crippen molar-refractivity contribution in [3.8, 4) is 0 Å². The van der Waals surface area contributed by atoms with Crippen LogP contribution in [0.5, 0.6) is 0 Å². The van der Waals surface area contributed by atoms with Crippen LogP contribution >= 0.6 is 0 Å². The lowest BCUT2D eigenvalue weighted by Gasteiger charge is -2.79. The molecule has 8 rings (SSSR count). The lowest BCUT2D eigenvalue weighted by atomic mass is 9.24. The fraction of sp³-hybridized carbons (Fsp3) is 0.412. The van der Waals surface area contributed by atoms with E-state index in [1.807, 2.05) is 31.2 Å². The van der Waals surface area contributed by atoms with Crippen molar-refractivity contribution in [1.29, 1.82) is 0 Å². The van der Waals surface area contributed by atoms with Gasteiger partial charge in [-0.2, -0.15) is 52.7 Å². The van der Waals surface area contributed by atoms with E-state index in [4.69, 9.17) is 0 Å². The van der Waals surface area contributed by atoms with Gasteiger partial charge >= 0.3 is 24.7 Å². The van der Waals surface area contributed by atoms with Gasteiger partial charge < -0.3 is 0 Å². The maximum atomic E-state index is 14.6. The highest BCUT2D eigenvalue weighted by Crippen LogP contribution is 2.90. The number of hydrogen-bond donors (Lipinski definition) is 0. The Labute approximate surface area is 358 Å². The smallest absolute Gasteiger partial charge is 0.166 e. The first-order valence-electron chi connectivity index (χ1n) is 20.6. The Hall–Kier alpha value is -4.74. The van der Waals surface area contributed by atoms with Gasteiger partial charge in [-0.1, -0.05) is 133 Å². The molecule has 0 aromatic heterocycles. The topological polar surface area (TPSA) is 0 Å². The fourth-order valence-electron chi connectivity index (χ4n) is 13.4. The van der Waals surface area contributed by atoms with Crippen LogP contribution < -0.4 is 0 Å². The highest BCUT2D eigenvalue weighted by atomic mass is 19.4. The van der Waals surface area contributed by atoms with Gasteiger partial charge in [0.15, 0.2) is 0 Å². The molecule has 0 amide bonds. The van der Waals surface area contributed by atoms with Crippen molar-refractivity contribution in [2.75, 3.05) is 0 Å². The summed E-state index contributed by atoms with van der Waals surface area (Å²) in [7, 11) is 0. The Morgan fingerprint density at radius 3 is 1.30 bits per heavy atom. The molecular weight excluding hydrogens is 841 g/mol. The summed E-state index contributed by atoms with van der Waals surface area (Å²) in [5, 5.41) is 0. The molecule has 0 saturated heterocycles. The summed E-state index contributed by atoms with van der Waals surface area (Å²) in [6, 6.07) is 1.27. The van der Waals surface area contributed by atoms with Crippen molar-refractivity contribution < 1.29 is 52.7 Å². The van der Waals surface area contributed by atoms with E-state index in [2.05, 4.69) is 72.8 Å².